The van der Waals surface area contributed by atoms with E-state index in [4.69, 9.17) is 9.47 Å². The van der Waals surface area contributed by atoms with Crippen LogP contribution in [-0.4, -0.2) is 31.1 Å². The number of carbonyl (C=O) groups is 1. The topological polar surface area (TPSA) is 142 Å². The largest absolute Gasteiger partial charge is 0.454 e. The third kappa shape index (κ3) is 4.31. The molecule has 2 heterocycles. The lowest BCUT2D eigenvalue weighted by atomic mass is 10.2. The molecule has 168 valence electrons. The molecule has 0 aliphatic carbocycles. The minimum Gasteiger partial charge on any atom is -0.454 e. The number of H-pyrrole nitrogens is 2. The Morgan fingerprint density at radius 2 is 1.76 bits per heavy atom. The Hall–Kier alpha value is -4.09. The Kier molecular flexibility index (Phi) is 5.11. The maximum Gasteiger partial charge on any atom is 0.323 e. The standard InChI is InChI=1S/C22H18N4O6S/c27-21(24-15-5-6-17-18(10-15)26-22(28)25-17)14-2-1-3-16(9-14)33(29,30)23-11-13-4-7-19-20(8-13)32-12-31-19/h1-10,23H,11-12H2,(H,24,27)(H2,25,26,28). The Bertz CT molecular complexity index is 1540. The smallest absolute Gasteiger partial charge is 0.323 e. The molecular formula is C22H18N4O6S. The Balaban J connectivity index is 1.30. The molecule has 1 aliphatic rings. The highest BCUT2D eigenvalue weighted by Gasteiger charge is 2.18. The van der Waals surface area contributed by atoms with Crippen LogP contribution in [0.4, 0.5) is 5.69 Å². The van der Waals surface area contributed by atoms with Crippen LogP contribution in [0.15, 0.2) is 70.4 Å². The van der Waals surface area contributed by atoms with Crippen molar-refractivity contribution in [3.05, 3.63) is 82.3 Å². The van der Waals surface area contributed by atoms with Gasteiger partial charge in [-0.05, 0) is 54.1 Å². The highest BCUT2D eigenvalue weighted by atomic mass is 32.2. The first-order chi connectivity index (χ1) is 15.9. The second kappa shape index (κ2) is 8.11. The van der Waals surface area contributed by atoms with Crippen molar-refractivity contribution < 1.29 is 22.7 Å². The molecule has 0 saturated heterocycles. The van der Waals surface area contributed by atoms with Crippen molar-refractivity contribution in [2.45, 2.75) is 11.4 Å². The van der Waals surface area contributed by atoms with Gasteiger partial charge in [0.1, 0.15) is 0 Å². The van der Waals surface area contributed by atoms with Gasteiger partial charge in [0.2, 0.25) is 16.8 Å². The Morgan fingerprint density at radius 3 is 2.64 bits per heavy atom. The summed E-state index contributed by atoms with van der Waals surface area (Å²) in [5.41, 5.74) is 2.14. The van der Waals surface area contributed by atoms with Crippen molar-refractivity contribution in [1.82, 2.24) is 14.7 Å². The molecule has 33 heavy (non-hydrogen) atoms. The first kappa shape index (κ1) is 20.8. The van der Waals surface area contributed by atoms with Crippen LogP contribution in [0.5, 0.6) is 11.5 Å². The molecule has 1 aromatic heterocycles. The number of anilines is 1. The summed E-state index contributed by atoms with van der Waals surface area (Å²) in [5.74, 6) is 0.689. The predicted molar refractivity (Wildman–Crippen MR) is 120 cm³/mol. The number of hydrogen-bond donors (Lipinski definition) is 4. The summed E-state index contributed by atoms with van der Waals surface area (Å²) in [4.78, 5) is 29.3. The fourth-order valence-corrected chi connectivity index (χ4v) is 4.49. The number of benzene rings is 3. The van der Waals surface area contributed by atoms with Crippen LogP contribution >= 0.6 is 0 Å². The molecule has 1 amide bonds. The van der Waals surface area contributed by atoms with Crippen LogP contribution in [-0.2, 0) is 16.6 Å². The van der Waals surface area contributed by atoms with Gasteiger partial charge >= 0.3 is 5.69 Å². The fourth-order valence-electron chi connectivity index (χ4n) is 3.43. The summed E-state index contributed by atoms with van der Waals surface area (Å²) in [5, 5.41) is 2.70. The summed E-state index contributed by atoms with van der Waals surface area (Å²) in [6.07, 6.45) is 0. The number of carbonyl (C=O) groups excluding carboxylic acids is 1. The van der Waals surface area contributed by atoms with E-state index < -0.39 is 15.9 Å². The van der Waals surface area contributed by atoms with E-state index in [0.717, 1.165) is 0 Å². The van der Waals surface area contributed by atoms with Crippen molar-refractivity contribution in [2.24, 2.45) is 0 Å². The third-order valence-electron chi connectivity index (χ3n) is 5.08. The molecule has 5 rings (SSSR count). The first-order valence-corrected chi connectivity index (χ1v) is 11.4. The molecule has 0 atom stereocenters. The van der Waals surface area contributed by atoms with Gasteiger partial charge in [-0.3, -0.25) is 4.79 Å². The van der Waals surface area contributed by atoms with Crippen LogP contribution in [0.2, 0.25) is 0 Å². The zero-order chi connectivity index (χ0) is 23.0. The monoisotopic (exact) mass is 466 g/mol. The van der Waals surface area contributed by atoms with Gasteiger partial charge < -0.3 is 24.8 Å². The number of nitrogens with one attached hydrogen (secondary N) is 4. The summed E-state index contributed by atoms with van der Waals surface area (Å²) < 4.78 is 38.7. The highest BCUT2D eigenvalue weighted by Crippen LogP contribution is 2.32. The molecule has 0 radical (unpaired) electrons. The van der Waals surface area contributed by atoms with Crippen LogP contribution in [0, 0.1) is 0 Å². The van der Waals surface area contributed by atoms with E-state index in [1.54, 1.807) is 36.4 Å². The van der Waals surface area contributed by atoms with Crippen LogP contribution in [0.25, 0.3) is 11.0 Å². The van der Waals surface area contributed by atoms with Gasteiger partial charge in [0.25, 0.3) is 5.91 Å². The van der Waals surface area contributed by atoms with E-state index >= 15 is 0 Å². The number of imidazole rings is 1. The molecule has 4 aromatic rings. The van der Waals surface area contributed by atoms with E-state index in [-0.39, 0.29) is 29.5 Å². The molecule has 1 aliphatic heterocycles. The van der Waals surface area contributed by atoms with Crippen molar-refractivity contribution in [3.63, 3.8) is 0 Å². The molecule has 10 nitrogen and oxygen atoms in total. The maximum atomic E-state index is 12.8. The number of fused-ring (bicyclic) bond motifs is 2. The molecule has 11 heteroatoms. The molecule has 0 spiro atoms. The summed E-state index contributed by atoms with van der Waals surface area (Å²) in [6.45, 7) is 0.181. The van der Waals surface area contributed by atoms with E-state index in [1.165, 1.54) is 24.3 Å². The molecule has 0 bridgehead atoms. The van der Waals surface area contributed by atoms with Crippen molar-refractivity contribution in [2.75, 3.05) is 12.1 Å². The summed E-state index contributed by atoms with van der Waals surface area (Å²) in [7, 11) is -3.87. The van der Waals surface area contributed by atoms with Gasteiger partial charge in [0, 0.05) is 17.8 Å². The van der Waals surface area contributed by atoms with Crippen molar-refractivity contribution in [3.8, 4) is 11.5 Å². The lowest BCUT2D eigenvalue weighted by Crippen LogP contribution is -2.23. The fraction of sp³-hybridized carbons (Fsp3) is 0.0909. The second-order valence-corrected chi connectivity index (χ2v) is 9.10. The molecular weight excluding hydrogens is 448 g/mol. The van der Waals surface area contributed by atoms with Gasteiger partial charge in [0.05, 0.1) is 15.9 Å². The molecule has 4 N–H and O–H groups in total. The number of ether oxygens (including phenoxy) is 2. The molecule has 3 aromatic carbocycles. The molecule has 0 saturated carbocycles. The average Bonchev–Trinajstić information content (AvgIpc) is 3.42. The normalized spacial score (nSPS) is 12.7. The molecule has 0 fully saturated rings. The highest BCUT2D eigenvalue weighted by molar-refractivity contribution is 7.89. The van der Waals surface area contributed by atoms with Crippen molar-refractivity contribution in [1.29, 1.82) is 0 Å². The van der Waals surface area contributed by atoms with Gasteiger partial charge in [-0.2, -0.15) is 0 Å². The van der Waals surface area contributed by atoms with Crippen LogP contribution in [0.3, 0.4) is 0 Å². The predicted octanol–water partition coefficient (Wildman–Crippen LogP) is 2.32. The van der Waals surface area contributed by atoms with Crippen molar-refractivity contribution >= 4 is 32.7 Å². The minimum atomic E-state index is -3.87. The van der Waals surface area contributed by atoms with Gasteiger partial charge in [-0.1, -0.05) is 12.1 Å². The van der Waals surface area contributed by atoms with E-state index in [2.05, 4.69) is 20.0 Å². The van der Waals surface area contributed by atoms with Crippen LogP contribution in [0.1, 0.15) is 15.9 Å². The molecule has 0 unspecified atom stereocenters. The van der Waals surface area contributed by atoms with E-state index in [0.29, 0.717) is 33.8 Å². The number of aromatic nitrogens is 2. The summed E-state index contributed by atoms with van der Waals surface area (Å²) >= 11 is 0. The maximum absolute atomic E-state index is 12.8. The number of hydrogen-bond acceptors (Lipinski definition) is 6. The van der Waals surface area contributed by atoms with E-state index in [9.17, 15) is 18.0 Å². The second-order valence-electron chi connectivity index (χ2n) is 7.33. The lowest BCUT2D eigenvalue weighted by Gasteiger charge is -2.10. The first-order valence-electron chi connectivity index (χ1n) is 9.89. The number of sulfonamides is 1. The number of aromatic amines is 2. The SMILES string of the molecule is O=C(Nc1ccc2[nH]c(=O)[nH]c2c1)c1cccc(S(=O)(=O)NCc2ccc3c(c2)OCO3)c1. The average molecular weight is 466 g/mol. The number of rotatable bonds is 6. The Morgan fingerprint density at radius 1 is 0.939 bits per heavy atom. The number of amides is 1. The summed E-state index contributed by atoms with van der Waals surface area (Å²) in [6, 6.07) is 15.8. The van der Waals surface area contributed by atoms with E-state index in [1.807, 2.05) is 0 Å². The van der Waals surface area contributed by atoms with Gasteiger partial charge in [-0.15, -0.1) is 0 Å². The van der Waals surface area contributed by atoms with Gasteiger partial charge in [-0.25, -0.2) is 17.9 Å². The zero-order valence-corrected chi connectivity index (χ0v) is 17.9. The minimum absolute atomic E-state index is 0.0405. The third-order valence-corrected chi connectivity index (χ3v) is 6.48. The zero-order valence-electron chi connectivity index (χ0n) is 17.0. The van der Waals surface area contributed by atoms with Crippen LogP contribution < -0.4 is 25.2 Å². The lowest BCUT2D eigenvalue weighted by molar-refractivity contribution is 0.102. The van der Waals surface area contributed by atoms with Gasteiger partial charge in [0.15, 0.2) is 11.5 Å². The quantitative estimate of drug-likeness (QED) is 0.344. The Labute approximate surface area is 187 Å².